The number of fused-ring (bicyclic) bond motifs is 1. The highest BCUT2D eigenvalue weighted by molar-refractivity contribution is 5.35. The summed E-state index contributed by atoms with van der Waals surface area (Å²) in [5, 5.41) is 10.3. The number of likely N-dealkylation sites (N-methyl/N-ethyl adjacent to an activating group) is 1. The number of rotatable bonds is 5. The molecule has 0 amide bonds. The number of aliphatic hydroxyl groups excluding tert-OH is 1. The average molecular weight is 235 g/mol. The summed E-state index contributed by atoms with van der Waals surface area (Å²) in [6.07, 6.45) is 0.567. The summed E-state index contributed by atoms with van der Waals surface area (Å²) in [6.45, 7) is 4.34. The molecule has 3 heteroatoms. The molecule has 0 saturated heterocycles. The number of hydrogen-bond donors (Lipinski definition) is 1. The van der Waals surface area contributed by atoms with E-state index in [1.807, 2.05) is 25.1 Å². The Kier molecular flexibility index (Phi) is 4.15. The molecule has 17 heavy (non-hydrogen) atoms. The van der Waals surface area contributed by atoms with Crippen molar-refractivity contribution in [3.8, 4) is 0 Å². The zero-order valence-corrected chi connectivity index (χ0v) is 10.6. The van der Waals surface area contributed by atoms with Crippen molar-refractivity contribution in [1.29, 1.82) is 0 Å². The number of aliphatic hydroxyl groups is 1. The van der Waals surface area contributed by atoms with E-state index in [1.165, 1.54) is 5.56 Å². The summed E-state index contributed by atoms with van der Waals surface area (Å²) in [7, 11) is 2.05. The van der Waals surface area contributed by atoms with Crippen LogP contribution < -0.4 is 0 Å². The van der Waals surface area contributed by atoms with Crippen LogP contribution in [0.3, 0.4) is 0 Å². The Bertz CT molecular complexity index is 367. The van der Waals surface area contributed by atoms with Crippen molar-refractivity contribution < 1.29 is 9.84 Å². The van der Waals surface area contributed by atoms with Crippen LogP contribution in [0.25, 0.3) is 0 Å². The van der Waals surface area contributed by atoms with Gasteiger partial charge in [0.1, 0.15) is 0 Å². The van der Waals surface area contributed by atoms with Gasteiger partial charge in [-0.15, -0.1) is 0 Å². The maximum atomic E-state index is 10.3. The van der Waals surface area contributed by atoms with Crippen LogP contribution >= 0.6 is 0 Å². The SMILES string of the molecule is CCOCCN(C)C1Cc2ccccc2C1O. The lowest BCUT2D eigenvalue weighted by Crippen LogP contribution is -2.37. The van der Waals surface area contributed by atoms with Crippen molar-refractivity contribution in [2.24, 2.45) is 0 Å². The first-order valence-corrected chi connectivity index (χ1v) is 6.28. The van der Waals surface area contributed by atoms with Gasteiger partial charge in [0.15, 0.2) is 0 Å². The zero-order valence-electron chi connectivity index (χ0n) is 10.6. The zero-order chi connectivity index (χ0) is 12.3. The third-order valence-corrected chi connectivity index (χ3v) is 3.53. The normalized spacial score (nSPS) is 23.1. The molecule has 0 heterocycles. The maximum Gasteiger partial charge on any atom is 0.0950 e. The Morgan fingerprint density at radius 3 is 2.88 bits per heavy atom. The summed E-state index contributed by atoms with van der Waals surface area (Å²) in [6, 6.07) is 8.34. The minimum Gasteiger partial charge on any atom is -0.387 e. The lowest BCUT2D eigenvalue weighted by Gasteiger charge is -2.26. The van der Waals surface area contributed by atoms with E-state index in [2.05, 4.69) is 18.0 Å². The lowest BCUT2D eigenvalue weighted by molar-refractivity contribution is 0.0515. The molecular formula is C14H21NO2. The first-order chi connectivity index (χ1) is 8.24. The third-order valence-electron chi connectivity index (χ3n) is 3.53. The van der Waals surface area contributed by atoms with Crippen LogP contribution in [0.1, 0.15) is 24.2 Å². The predicted molar refractivity (Wildman–Crippen MR) is 68.0 cm³/mol. The second-order valence-electron chi connectivity index (χ2n) is 4.59. The van der Waals surface area contributed by atoms with Crippen LogP contribution in [-0.4, -0.2) is 42.9 Å². The molecule has 1 aromatic rings. The lowest BCUT2D eigenvalue weighted by atomic mass is 10.1. The Labute approximate surface area is 103 Å². The van der Waals surface area contributed by atoms with Gasteiger partial charge in [-0.2, -0.15) is 0 Å². The summed E-state index contributed by atoms with van der Waals surface area (Å²) in [4.78, 5) is 2.19. The van der Waals surface area contributed by atoms with Gasteiger partial charge in [0.2, 0.25) is 0 Å². The van der Waals surface area contributed by atoms with E-state index in [0.29, 0.717) is 0 Å². The fourth-order valence-electron chi connectivity index (χ4n) is 2.47. The minimum absolute atomic E-state index is 0.188. The molecule has 2 rings (SSSR count). The second-order valence-corrected chi connectivity index (χ2v) is 4.59. The molecule has 1 aliphatic rings. The predicted octanol–water partition coefficient (Wildman–Crippen LogP) is 1.61. The van der Waals surface area contributed by atoms with Gasteiger partial charge in [0, 0.05) is 19.2 Å². The summed E-state index contributed by atoms with van der Waals surface area (Å²) >= 11 is 0. The molecule has 0 radical (unpaired) electrons. The van der Waals surface area contributed by atoms with E-state index in [9.17, 15) is 5.11 Å². The molecule has 1 N–H and O–H groups in total. The van der Waals surface area contributed by atoms with Gasteiger partial charge in [0.05, 0.1) is 12.7 Å². The molecule has 0 aromatic heterocycles. The van der Waals surface area contributed by atoms with E-state index in [1.54, 1.807) is 0 Å². The van der Waals surface area contributed by atoms with E-state index >= 15 is 0 Å². The standard InChI is InChI=1S/C14H21NO2/c1-3-17-9-8-15(2)13-10-11-6-4-5-7-12(11)14(13)16/h4-7,13-14,16H,3,8-10H2,1-2H3. The highest BCUT2D eigenvalue weighted by atomic mass is 16.5. The topological polar surface area (TPSA) is 32.7 Å². The van der Waals surface area contributed by atoms with E-state index in [0.717, 1.165) is 31.7 Å². The van der Waals surface area contributed by atoms with Crippen molar-refractivity contribution >= 4 is 0 Å². The van der Waals surface area contributed by atoms with Gasteiger partial charge in [-0.25, -0.2) is 0 Å². The molecule has 0 aliphatic heterocycles. The van der Waals surface area contributed by atoms with E-state index in [-0.39, 0.29) is 12.1 Å². The van der Waals surface area contributed by atoms with Gasteiger partial charge in [-0.05, 0) is 31.5 Å². The third kappa shape index (κ3) is 2.68. The Morgan fingerprint density at radius 2 is 2.18 bits per heavy atom. The van der Waals surface area contributed by atoms with Gasteiger partial charge >= 0.3 is 0 Å². The van der Waals surface area contributed by atoms with Crippen molar-refractivity contribution in [3.63, 3.8) is 0 Å². The highest BCUT2D eigenvalue weighted by Crippen LogP contribution is 2.33. The van der Waals surface area contributed by atoms with Crippen LogP contribution in [0.4, 0.5) is 0 Å². The van der Waals surface area contributed by atoms with E-state index < -0.39 is 0 Å². The Balaban J connectivity index is 1.97. The molecule has 2 atom stereocenters. The van der Waals surface area contributed by atoms with Crippen LogP contribution in [0.15, 0.2) is 24.3 Å². The van der Waals surface area contributed by atoms with Gasteiger partial charge < -0.3 is 9.84 Å². The van der Waals surface area contributed by atoms with Crippen molar-refractivity contribution in [3.05, 3.63) is 35.4 Å². The first kappa shape index (κ1) is 12.6. The molecule has 2 unspecified atom stereocenters. The average Bonchev–Trinajstić information content (AvgIpc) is 2.68. The molecular weight excluding hydrogens is 214 g/mol. The molecule has 1 aliphatic carbocycles. The number of nitrogens with zero attached hydrogens (tertiary/aromatic N) is 1. The van der Waals surface area contributed by atoms with Crippen LogP contribution in [0.5, 0.6) is 0 Å². The largest absolute Gasteiger partial charge is 0.387 e. The summed E-state index contributed by atoms with van der Waals surface area (Å²) < 4.78 is 5.35. The number of benzene rings is 1. The minimum atomic E-state index is -0.363. The van der Waals surface area contributed by atoms with Gasteiger partial charge in [-0.3, -0.25) is 4.90 Å². The van der Waals surface area contributed by atoms with Crippen molar-refractivity contribution in [2.75, 3.05) is 26.8 Å². The highest BCUT2D eigenvalue weighted by Gasteiger charge is 2.32. The monoisotopic (exact) mass is 235 g/mol. The molecule has 3 nitrogen and oxygen atoms in total. The number of ether oxygens (including phenoxy) is 1. The van der Waals surface area contributed by atoms with Crippen LogP contribution in [0.2, 0.25) is 0 Å². The van der Waals surface area contributed by atoms with Crippen LogP contribution in [-0.2, 0) is 11.2 Å². The van der Waals surface area contributed by atoms with E-state index in [4.69, 9.17) is 4.74 Å². The van der Waals surface area contributed by atoms with Crippen LogP contribution in [0, 0.1) is 0 Å². The Morgan fingerprint density at radius 1 is 1.41 bits per heavy atom. The fraction of sp³-hybridized carbons (Fsp3) is 0.571. The smallest absolute Gasteiger partial charge is 0.0950 e. The molecule has 0 saturated carbocycles. The molecule has 0 fully saturated rings. The molecule has 0 bridgehead atoms. The Hall–Kier alpha value is -0.900. The van der Waals surface area contributed by atoms with Gasteiger partial charge in [0.25, 0.3) is 0 Å². The molecule has 1 aromatic carbocycles. The van der Waals surface area contributed by atoms with Crippen molar-refractivity contribution in [2.45, 2.75) is 25.5 Å². The number of hydrogen-bond acceptors (Lipinski definition) is 3. The summed E-state index contributed by atoms with van der Waals surface area (Å²) in [5.74, 6) is 0. The quantitative estimate of drug-likeness (QED) is 0.787. The second kappa shape index (κ2) is 5.63. The molecule has 0 spiro atoms. The fourth-order valence-corrected chi connectivity index (χ4v) is 2.47. The first-order valence-electron chi connectivity index (χ1n) is 6.28. The molecule has 94 valence electrons. The maximum absolute atomic E-state index is 10.3. The summed E-state index contributed by atoms with van der Waals surface area (Å²) in [5.41, 5.74) is 2.36. The van der Waals surface area contributed by atoms with Gasteiger partial charge in [-0.1, -0.05) is 24.3 Å². The van der Waals surface area contributed by atoms with Crippen molar-refractivity contribution in [1.82, 2.24) is 4.90 Å².